The average Bonchev–Trinajstić information content (AvgIpc) is 1.98. The van der Waals surface area contributed by atoms with Gasteiger partial charge in [0.1, 0.15) is 0 Å². The lowest BCUT2D eigenvalue weighted by Gasteiger charge is -2.32. The smallest absolute Gasteiger partial charge is 0.0147 e. The van der Waals surface area contributed by atoms with Crippen molar-refractivity contribution in [3.63, 3.8) is 0 Å². The Hall–Kier alpha value is -0.0400. The summed E-state index contributed by atoms with van der Waals surface area (Å²) in [7, 11) is 4.33. The van der Waals surface area contributed by atoms with Gasteiger partial charge in [-0.05, 0) is 34.4 Å². The molecule has 0 unspecified atom stereocenters. The molecule has 0 aromatic heterocycles. The molecule has 1 nitrogen and oxygen atoms in total. The molecule has 0 bridgehead atoms. The lowest BCUT2D eigenvalue weighted by molar-refractivity contribution is 0.177. The molecule has 0 aliphatic heterocycles. The van der Waals surface area contributed by atoms with Crippen LogP contribution in [0.2, 0.25) is 0 Å². The van der Waals surface area contributed by atoms with Crippen molar-refractivity contribution < 1.29 is 0 Å². The van der Waals surface area contributed by atoms with E-state index in [1.807, 2.05) is 0 Å². The minimum absolute atomic E-state index is 0.383. The zero-order valence-corrected chi connectivity index (χ0v) is 9.48. The standard InChI is InChI=1S/C11H25N/c1-6-7-8-9-10-11(2,3)12(4)5/h6-10H2,1-5H3. The lowest BCUT2D eigenvalue weighted by atomic mass is 9.95. The summed E-state index contributed by atoms with van der Waals surface area (Å²) in [6.45, 7) is 6.90. The van der Waals surface area contributed by atoms with Crippen LogP contribution in [0.5, 0.6) is 0 Å². The predicted octanol–water partition coefficient (Wildman–Crippen LogP) is 3.30. The summed E-state index contributed by atoms with van der Waals surface area (Å²) < 4.78 is 0. The Balaban J connectivity index is 3.47. The second kappa shape index (κ2) is 5.58. The summed E-state index contributed by atoms with van der Waals surface area (Å²) in [5, 5.41) is 0. The number of hydrogen-bond acceptors (Lipinski definition) is 1. The number of unbranched alkanes of at least 4 members (excludes halogenated alkanes) is 3. The summed E-state index contributed by atoms with van der Waals surface area (Å²) >= 11 is 0. The first kappa shape index (κ1) is 12.0. The molecular formula is C11H25N. The normalized spacial score (nSPS) is 12.5. The Kier molecular flexibility index (Phi) is 5.56. The second-order valence-electron chi connectivity index (χ2n) is 4.52. The van der Waals surface area contributed by atoms with Crippen LogP contribution >= 0.6 is 0 Å². The van der Waals surface area contributed by atoms with Crippen LogP contribution in [-0.2, 0) is 0 Å². The van der Waals surface area contributed by atoms with Crippen LogP contribution < -0.4 is 0 Å². The van der Waals surface area contributed by atoms with E-state index in [4.69, 9.17) is 0 Å². The molecule has 1 heteroatoms. The summed E-state index contributed by atoms with van der Waals surface area (Å²) in [5.74, 6) is 0. The van der Waals surface area contributed by atoms with Crippen molar-refractivity contribution in [1.82, 2.24) is 4.90 Å². The average molecular weight is 171 g/mol. The molecule has 0 aliphatic carbocycles. The fraction of sp³-hybridized carbons (Fsp3) is 1.00. The Morgan fingerprint density at radius 3 is 2.00 bits per heavy atom. The molecule has 0 saturated carbocycles. The van der Waals surface area contributed by atoms with Gasteiger partial charge in [-0.15, -0.1) is 0 Å². The third kappa shape index (κ3) is 4.76. The Bertz CT molecular complexity index is 106. The molecule has 12 heavy (non-hydrogen) atoms. The maximum atomic E-state index is 2.32. The van der Waals surface area contributed by atoms with Crippen LogP contribution in [0.25, 0.3) is 0 Å². The zero-order valence-electron chi connectivity index (χ0n) is 9.48. The predicted molar refractivity (Wildman–Crippen MR) is 56.5 cm³/mol. The van der Waals surface area contributed by atoms with Crippen molar-refractivity contribution >= 4 is 0 Å². The molecule has 0 aliphatic rings. The maximum Gasteiger partial charge on any atom is 0.0147 e. The van der Waals surface area contributed by atoms with Crippen LogP contribution in [0.1, 0.15) is 52.9 Å². The highest BCUT2D eigenvalue weighted by Crippen LogP contribution is 2.19. The van der Waals surface area contributed by atoms with Gasteiger partial charge in [0, 0.05) is 5.54 Å². The summed E-state index contributed by atoms with van der Waals surface area (Å²) in [6.07, 6.45) is 6.82. The Morgan fingerprint density at radius 2 is 1.58 bits per heavy atom. The SMILES string of the molecule is CCCCCCC(C)(C)N(C)C. The first-order valence-electron chi connectivity index (χ1n) is 5.18. The van der Waals surface area contributed by atoms with E-state index < -0.39 is 0 Å². The van der Waals surface area contributed by atoms with E-state index in [1.165, 1.54) is 32.1 Å². The van der Waals surface area contributed by atoms with Gasteiger partial charge < -0.3 is 4.90 Å². The second-order valence-corrected chi connectivity index (χ2v) is 4.52. The molecule has 0 fully saturated rings. The zero-order chi connectivity index (χ0) is 9.61. The van der Waals surface area contributed by atoms with Gasteiger partial charge in [0.25, 0.3) is 0 Å². The topological polar surface area (TPSA) is 3.24 Å². The van der Waals surface area contributed by atoms with Crippen molar-refractivity contribution in [2.24, 2.45) is 0 Å². The Morgan fingerprint density at radius 1 is 1.00 bits per heavy atom. The van der Waals surface area contributed by atoms with Crippen LogP contribution in [0.4, 0.5) is 0 Å². The van der Waals surface area contributed by atoms with Gasteiger partial charge in [0.05, 0.1) is 0 Å². The quantitative estimate of drug-likeness (QED) is 0.554. The van der Waals surface area contributed by atoms with Crippen LogP contribution in [-0.4, -0.2) is 24.5 Å². The largest absolute Gasteiger partial charge is 0.304 e. The maximum absolute atomic E-state index is 2.32. The molecule has 0 aromatic carbocycles. The molecule has 0 N–H and O–H groups in total. The highest BCUT2D eigenvalue weighted by molar-refractivity contribution is 4.76. The van der Waals surface area contributed by atoms with Gasteiger partial charge in [-0.3, -0.25) is 0 Å². The highest BCUT2D eigenvalue weighted by Gasteiger charge is 2.18. The van der Waals surface area contributed by atoms with E-state index >= 15 is 0 Å². The third-order valence-electron chi connectivity index (χ3n) is 2.85. The molecule has 0 amide bonds. The lowest BCUT2D eigenvalue weighted by Crippen LogP contribution is -2.37. The molecule has 74 valence electrons. The third-order valence-corrected chi connectivity index (χ3v) is 2.85. The number of nitrogens with zero attached hydrogens (tertiary/aromatic N) is 1. The first-order chi connectivity index (χ1) is 5.50. The number of rotatable bonds is 6. The van der Waals surface area contributed by atoms with Crippen molar-refractivity contribution in [2.45, 2.75) is 58.4 Å². The van der Waals surface area contributed by atoms with Gasteiger partial charge in [-0.1, -0.05) is 32.6 Å². The van der Waals surface area contributed by atoms with E-state index in [1.54, 1.807) is 0 Å². The minimum Gasteiger partial charge on any atom is -0.304 e. The van der Waals surface area contributed by atoms with Crippen molar-refractivity contribution in [2.75, 3.05) is 14.1 Å². The molecule has 0 aromatic rings. The summed E-state index contributed by atoms with van der Waals surface area (Å²) in [5.41, 5.74) is 0.383. The summed E-state index contributed by atoms with van der Waals surface area (Å²) in [6, 6.07) is 0. The molecule has 0 rings (SSSR count). The molecule has 0 saturated heterocycles. The van der Waals surface area contributed by atoms with Gasteiger partial charge in [-0.2, -0.15) is 0 Å². The molecule has 0 radical (unpaired) electrons. The van der Waals surface area contributed by atoms with E-state index in [-0.39, 0.29) is 0 Å². The van der Waals surface area contributed by atoms with Crippen molar-refractivity contribution in [3.05, 3.63) is 0 Å². The van der Waals surface area contributed by atoms with E-state index in [0.29, 0.717) is 5.54 Å². The molecule has 0 heterocycles. The molecule has 0 atom stereocenters. The Labute approximate surface area is 78.1 Å². The van der Waals surface area contributed by atoms with Gasteiger partial charge in [0.15, 0.2) is 0 Å². The van der Waals surface area contributed by atoms with Crippen molar-refractivity contribution in [1.29, 1.82) is 0 Å². The van der Waals surface area contributed by atoms with E-state index in [0.717, 1.165) is 0 Å². The number of hydrogen-bond donors (Lipinski definition) is 0. The van der Waals surface area contributed by atoms with E-state index in [9.17, 15) is 0 Å². The fourth-order valence-electron chi connectivity index (χ4n) is 1.21. The van der Waals surface area contributed by atoms with Gasteiger partial charge >= 0.3 is 0 Å². The fourth-order valence-corrected chi connectivity index (χ4v) is 1.21. The van der Waals surface area contributed by atoms with Crippen LogP contribution in [0, 0.1) is 0 Å². The minimum atomic E-state index is 0.383. The molecule has 0 spiro atoms. The van der Waals surface area contributed by atoms with Gasteiger partial charge in [-0.25, -0.2) is 0 Å². The van der Waals surface area contributed by atoms with Gasteiger partial charge in [0.2, 0.25) is 0 Å². The molecular weight excluding hydrogens is 146 g/mol. The monoisotopic (exact) mass is 171 g/mol. The van der Waals surface area contributed by atoms with Crippen molar-refractivity contribution in [3.8, 4) is 0 Å². The van der Waals surface area contributed by atoms with Crippen LogP contribution in [0.3, 0.4) is 0 Å². The first-order valence-corrected chi connectivity index (χ1v) is 5.18. The van der Waals surface area contributed by atoms with Crippen LogP contribution in [0.15, 0.2) is 0 Å². The highest BCUT2D eigenvalue weighted by atomic mass is 15.1. The summed E-state index contributed by atoms with van der Waals surface area (Å²) in [4.78, 5) is 2.32. The van der Waals surface area contributed by atoms with E-state index in [2.05, 4.69) is 39.8 Å².